The zero-order valence-electron chi connectivity index (χ0n) is 10.2. The van der Waals surface area contributed by atoms with Gasteiger partial charge in [-0.25, -0.2) is 9.18 Å². The fourth-order valence-electron chi connectivity index (χ4n) is 1.37. The predicted molar refractivity (Wildman–Crippen MR) is 66.7 cm³/mol. The van der Waals surface area contributed by atoms with Crippen molar-refractivity contribution in [2.24, 2.45) is 0 Å². The Labute approximate surface area is 109 Å². The number of carboxylic acid groups (broad SMARTS) is 1. The van der Waals surface area contributed by atoms with Gasteiger partial charge in [0.2, 0.25) is 5.91 Å². The van der Waals surface area contributed by atoms with E-state index in [2.05, 4.69) is 5.32 Å². The molecule has 1 aromatic rings. The normalized spacial score (nSPS) is 14.1. The molecular weight excluding hydrogens is 253 g/mol. The monoisotopic (exact) mass is 267 g/mol. The zero-order valence-corrected chi connectivity index (χ0v) is 10.2. The van der Waals surface area contributed by atoms with Crippen LogP contribution in [-0.4, -0.2) is 34.2 Å². The summed E-state index contributed by atoms with van der Waals surface area (Å²) in [6.07, 6.45) is 1.01. The van der Waals surface area contributed by atoms with Gasteiger partial charge in [-0.15, -0.1) is 0 Å². The number of amides is 1. The van der Waals surface area contributed by atoms with Crippen LogP contribution in [0, 0.1) is 5.82 Å². The number of aliphatic hydroxyl groups is 1. The molecule has 5 nitrogen and oxygen atoms in total. The number of hydrogen-bond acceptors (Lipinski definition) is 3. The van der Waals surface area contributed by atoms with Crippen molar-refractivity contribution < 1.29 is 24.2 Å². The summed E-state index contributed by atoms with van der Waals surface area (Å²) < 4.78 is 13.2. The van der Waals surface area contributed by atoms with E-state index in [-0.39, 0.29) is 5.56 Å². The first-order chi connectivity index (χ1) is 8.91. The van der Waals surface area contributed by atoms with Gasteiger partial charge in [0.1, 0.15) is 5.82 Å². The average molecular weight is 267 g/mol. The molecule has 1 aromatic carbocycles. The summed E-state index contributed by atoms with van der Waals surface area (Å²) in [4.78, 5) is 22.2. The third kappa shape index (κ3) is 4.51. The molecule has 0 spiro atoms. The maximum Gasteiger partial charge on any atom is 0.328 e. The van der Waals surface area contributed by atoms with Crippen molar-refractivity contribution in [2.75, 3.05) is 0 Å². The SMILES string of the molecule is CC(O)C(NC(=O)/C=C/c1ccccc1F)C(=O)O. The number of carbonyl (C=O) groups excluding carboxylic acids is 1. The summed E-state index contributed by atoms with van der Waals surface area (Å²) in [6.45, 7) is 1.25. The highest BCUT2D eigenvalue weighted by molar-refractivity contribution is 5.94. The topological polar surface area (TPSA) is 86.6 Å². The van der Waals surface area contributed by atoms with Gasteiger partial charge in [0.25, 0.3) is 0 Å². The van der Waals surface area contributed by atoms with Crippen molar-refractivity contribution in [1.29, 1.82) is 0 Å². The second-order valence-corrected chi connectivity index (χ2v) is 3.92. The molecule has 0 aliphatic carbocycles. The van der Waals surface area contributed by atoms with Crippen molar-refractivity contribution in [3.05, 3.63) is 41.7 Å². The highest BCUT2D eigenvalue weighted by Gasteiger charge is 2.23. The minimum absolute atomic E-state index is 0.210. The van der Waals surface area contributed by atoms with Gasteiger partial charge >= 0.3 is 5.97 Å². The molecule has 0 heterocycles. The van der Waals surface area contributed by atoms with Crippen LogP contribution in [0.25, 0.3) is 6.08 Å². The highest BCUT2D eigenvalue weighted by Crippen LogP contribution is 2.07. The molecule has 0 aliphatic heterocycles. The molecule has 19 heavy (non-hydrogen) atoms. The van der Waals surface area contributed by atoms with Crippen molar-refractivity contribution in [2.45, 2.75) is 19.1 Å². The molecule has 0 fully saturated rings. The molecule has 0 aliphatic rings. The first-order valence-corrected chi connectivity index (χ1v) is 5.56. The van der Waals surface area contributed by atoms with Gasteiger partial charge in [-0.1, -0.05) is 18.2 Å². The maximum atomic E-state index is 13.2. The first-order valence-electron chi connectivity index (χ1n) is 5.56. The summed E-state index contributed by atoms with van der Waals surface area (Å²) >= 11 is 0. The molecule has 0 aromatic heterocycles. The van der Waals surface area contributed by atoms with E-state index in [9.17, 15) is 19.1 Å². The third-order valence-electron chi connectivity index (χ3n) is 2.37. The molecule has 1 rings (SSSR count). The second-order valence-electron chi connectivity index (χ2n) is 3.92. The van der Waals surface area contributed by atoms with Crippen LogP contribution in [-0.2, 0) is 9.59 Å². The van der Waals surface area contributed by atoms with Crippen LogP contribution in [0.4, 0.5) is 4.39 Å². The Kier molecular flexibility index (Phi) is 5.20. The third-order valence-corrected chi connectivity index (χ3v) is 2.37. The van der Waals surface area contributed by atoms with Gasteiger partial charge in [0.05, 0.1) is 6.10 Å². The Balaban J connectivity index is 2.70. The van der Waals surface area contributed by atoms with E-state index in [1.807, 2.05) is 0 Å². The van der Waals surface area contributed by atoms with Crippen molar-refractivity contribution >= 4 is 18.0 Å². The van der Waals surface area contributed by atoms with Crippen LogP contribution in [0.1, 0.15) is 12.5 Å². The number of nitrogens with one attached hydrogen (secondary N) is 1. The lowest BCUT2D eigenvalue weighted by Crippen LogP contribution is -2.47. The molecule has 2 atom stereocenters. The Morgan fingerprint density at radius 3 is 2.53 bits per heavy atom. The smallest absolute Gasteiger partial charge is 0.328 e. The standard InChI is InChI=1S/C13H14FNO4/c1-8(16)12(13(18)19)15-11(17)7-6-9-4-2-3-5-10(9)14/h2-8,12,16H,1H3,(H,15,17)(H,18,19)/b7-6+. The number of hydrogen-bond donors (Lipinski definition) is 3. The number of carbonyl (C=O) groups is 2. The quantitative estimate of drug-likeness (QED) is 0.688. The Morgan fingerprint density at radius 1 is 1.37 bits per heavy atom. The molecule has 6 heteroatoms. The van der Waals surface area contributed by atoms with E-state index < -0.39 is 29.8 Å². The summed E-state index contributed by atoms with van der Waals surface area (Å²) in [7, 11) is 0. The summed E-state index contributed by atoms with van der Waals surface area (Å²) in [5, 5.41) is 20.1. The largest absolute Gasteiger partial charge is 0.480 e. The predicted octanol–water partition coefficient (Wildman–Crippen LogP) is 0.789. The number of aliphatic carboxylic acids is 1. The van der Waals surface area contributed by atoms with Crippen LogP contribution >= 0.6 is 0 Å². The number of aliphatic hydroxyl groups excluding tert-OH is 1. The average Bonchev–Trinajstić information content (AvgIpc) is 2.34. The van der Waals surface area contributed by atoms with Gasteiger partial charge in [0.15, 0.2) is 6.04 Å². The Bertz CT molecular complexity index is 499. The lowest BCUT2D eigenvalue weighted by atomic mass is 10.1. The van der Waals surface area contributed by atoms with Crippen LogP contribution in [0.5, 0.6) is 0 Å². The molecule has 3 N–H and O–H groups in total. The molecule has 102 valence electrons. The van der Waals surface area contributed by atoms with Gasteiger partial charge in [0, 0.05) is 11.6 Å². The molecule has 0 saturated heterocycles. The first kappa shape index (κ1) is 14.8. The highest BCUT2D eigenvalue weighted by atomic mass is 19.1. The zero-order chi connectivity index (χ0) is 14.4. The summed E-state index contributed by atoms with van der Waals surface area (Å²) in [5.41, 5.74) is 0.210. The van der Waals surface area contributed by atoms with Gasteiger partial charge < -0.3 is 15.5 Å². The van der Waals surface area contributed by atoms with Crippen LogP contribution in [0.3, 0.4) is 0 Å². The van der Waals surface area contributed by atoms with Crippen LogP contribution < -0.4 is 5.32 Å². The molecule has 2 unspecified atom stereocenters. The van der Waals surface area contributed by atoms with E-state index in [0.29, 0.717) is 0 Å². The molecule has 1 amide bonds. The van der Waals surface area contributed by atoms with E-state index in [4.69, 9.17) is 5.11 Å². The number of carboxylic acids is 1. The summed E-state index contributed by atoms with van der Waals surface area (Å²) in [6, 6.07) is 4.44. The van der Waals surface area contributed by atoms with E-state index >= 15 is 0 Å². The molecule has 0 bridgehead atoms. The van der Waals surface area contributed by atoms with E-state index in [1.165, 1.54) is 31.2 Å². The van der Waals surface area contributed by atoms with Crippen molar-refractivity contribution in [3.8, 4) is 0 Å². The van der Waals surface area contributed by atoms with Crippen LogP contribution in [0.2, 0.25) is 0 Å². The second kappa shape index (κ2) is 6.65. The maximum absolute atomic E-state index is 13.2. The number of rotatable bonds is 5. The minimum atomic E-state index is -1.40. The lowest BCUT2D eigenvalue weighted by molar-refractivity contribution is -0.144. The van der Waals surface area contributed by atoms with Crippen molar-refractivity contribution in [1.82, 2.24) is 5.32 Å². The van der Waals surface area contributed by atoms with Crippen molar-refractivity contribution in [3.63, 3.8) is 0 Å². The molecular formula is C13H14FNO4. The Hall–Kier alpha value is -2.21. The fraction of sp³-hybridized carbons (Fsp3) is 0.231. The number of halogens is 1. The molecule has 0 saturated carbocycles. The molecule has 0 radical (unpaired) electrons. The lowest BCUT2D eigenvalue weighted by Gasteiger charge is -2.15. The van der Waals surface area contributed by atoms with Gasteiger partial charge in [-0.3, -0.25) is 4.79 Å². The summed E-state index contributed by atoms with van der Waals surface area (Å²) in [5.74, 6) is -2.56. The van der Waals surface area contributed by atoms with E-state index in [0.717, 1.165) is 6.08 Å². The van der Waals surface area contributed by atoms with Gasteiger partial charge in [-0.05, 0) is 19.1 Å². The van der Waals surface area contributed by atoms with Crippen LogP contribution in [0.15, 0.2) is 30.3 Å². The number of benzene rings is 1. The Morgan fingerprint density at radius 2 is 2.00 bits per heavy atom. The minimum Gasteiger partial charge on any atom is -0.480 e. The van der Waals surface area contributed by atoms with Gasteiger partial charge in [-0.2, -0.15) is 0 Å². The fourth-order valence-corrected chi connectivity index (χ4v) is 1.37. The van der Waals surface area contributed by atoms with E-state index in [1.54, 1.807) is 6.07 Å².